The van der Waals surface area contributed by atoms with Crippen LogP contribution in [0.2, 0.25) is 0 Å². The summed E-state index contributed by atoms with van der Waals surface area (Å²) in [4.78, 5) is 13.8. The Bertz CT molecular complexity index is 418. The second-order valence-corrected chi connectivity index (χ2v) is 5.68. The number of nitrogens with two attached hydrogens (primary N) is 1. The lowest BCUT2D eigenvalue weighted by Crippen LogP contribution is -2.35. The highest BCUT2D eigenvalue weighted by Crippen LogP contribution is 2.10. The lowest BCUT2D eigenvalue weighted by Gasteiger charge is -2.18. The van der Waals surface area contributed by atoms with Gasteiger partial charge in [-0.05, 0) is 30.5 Å². The van der Waals surface area contributed by atoms with Crippen molar-refractivity contribution in [2.75, 3.05) is 20.1 Å². The molecule has 20 heavy (non-hydrogen) atoms. The molecule has 0 unspecified atom stereocenters. The Kier molecular flexibility index (Phi) is 7.26. The summed E-state index contributed by atoms with van der Waals surface area (Å²) < 4.78 is 0. The van der Waals surface area contributed by atoms with Gasteiger partial charge in [0, 0.05) is 19.6 Å². The minimum Gasteiger partial charge on any atom is -0.355 e. The van der Waals surface area contributed by atoms with Gasteiger partial charge in [-0.1, -0.05) is 38.1 Å². The first-order chi connectivity index (χ1) is 9.52. The predicted octanol–water partition coefficient (Wildman–Crippen LogP) is 1.74. The molecule has 1 amide bonds. The maximum atomic E-state index is 11.8. The first-order valence-corrected chi connectivity index (χ1v) is 7.25. The number of nitrogens with zero attached hydrogens (tertiary/aromatic N) is 1. The first kappa shape index (κ1) is 16.7. The predicted molar refractivity (Wildman–Crippen MR) is 83.1 cm³/mol. The minimum atomic E-state index is 0.0818. The molecule has 4 heteroatoms. The highest BCUT2D eigenvalue weighted by molar-refractivity contribution is 5.77. The van der Waals surface area contributed by atoms with Crippen LogP contribution in [0.4, 0.5) is 0 Å². The van der Waals surface area contributed by atoms with Crippen molar-refractivity contribution >= 4 is 5.91 Å². The van der Waals surface area contributed by atoms with E-state index in [0.29, 0.717) is 19.0 Å². The average molecular weight is 277 g/mol. The van der Waals surface area contributed by atoms with E-state index in [1.54, 1.807) is 0 Å². The zero-order valence-electron chi connectivity index (χ0n) is 12.9. The molecule has 0 aromatic heterocycles. The van der Waals surface area contributed by atoms with Crippen molar-refractivity contribution < 1.29 is 4.79 Å². The molecule has 0 bridgehead atoms. The molecule has 0 atom stereocenters. The molecule has 1 aromatic rings. The van der Waals surface area contributed by atoms with E-state index in [-0.39, 0.29) is 5.91 Å². The molecular formula is C16H27N3O. The zero-order valence-corrected chi connectivity index (χ0v) is 12.9. The van der Waals surface area contributed by atoms with Gasteiger partial charge in [-0.15, -0.1) is 0 Å². The fraction of sp³-hybridized carbons (Fsp3) is 0.562. The van der Waals surface area contributed by atoms with Gasteiger partial charge >= 0.3 is 0 Å². The molecule has 4 nitrogen and oxygen atoms in total. The van der Waals surface area contributed by atoms with Gasteiger partial charge in [0.2, 0.25) is 5.91 Å². The number of hydrogen-bond acceptors (Lipinski definition) is 3. The molecule has 0 spiro atoms. The van der Waals surface area contributed by atoms with Crippen LogP contribution >= 0.6 is 0 Å². The van der Waals surface area contributed by atoms with Crippen molar-refractivity contribution in [2.45, 2.75) is 33.4 Å². The number of hydrogen-bond donors (Lipinski definition) is 2. The lowest BCUT2D eigenvalue weighted by atomic mass is 10.1. The molecule has 0 saturated carbocycles. The molecule has 0 aliphatic heterocycles. The van der Waals surface area contributed by atoms with Crippen molar-refractivity contribution in [1.82, 2.24) is 10.2 Å². The summed E-state index contributed by atoms with van der Waals surface area (Å²) in [7, 11) is 1.95. The monoisotopic (exact) mass is 277 g/mol. The summed E-state index contributed by atoms with van der Waals surface area (Å²) in [6, 6.07) is 8.09. The van der Waals surface area contributed by atoms with Crippen molar-refractivity contribution in [2.24, 2.45) is 11.7 Å². The second kappa shape index (κ2) is 8.72. The Labute approximate surface area is 122 Å². The maximum Gasteiger partial charge on any atom is 0.234 e. The van der Waals surface area contributed by atoms with Gasteiger partial charge in [-0.25, -0.2) is 0 Å². The number of nitrogens with one attached hydrogen (secondary N) is 1. The molecule has 0 aliphatic rings. The molecule has 0 fully saturated rings. The van der Waals surface area contributed by atoms with Crippen LogP contribution in [-0.4, -0.2) is 30.9 Å². The topological polar surface area (TPSA) is 58.4 Å². The summed E-state index contributed by atoms with van der Waals surface area (Å²) in [5, 5.41) is 2.95. The van der Waals surface area contributed by atoms with E-state index in [1.165, 1.54) is 5.56 Å². The molecule has 1 rings (SSSR count). The fourth-order valence-corrected chi connectivity index (χ4v) is 2.06. The third-order valence-corrected chi connectivity index (χ3v) is 3.24. The standard InChI is InChI=1S/C16H27N3O/c1-13(2)8-9-18-16(20)12-19(3)11-15-7-5-4-6-14(15)10-17/h4-7,13H,8-12,17H2,1-3H3,(H,18,20). The van der Waals surface area contributed by atoms with Crippen LogP contribution in [0.25, 0.3) is 0 Å². The van der Waals surface area contributed by atoms with Crippen molar-refractivity contribution in [3.63, 3.8) is 0 Å². The van der Waals surface area contributed by atoms with Crippen LogP contribution in [0.3, 0.4) is 0 Å². The Morgan fingerprint density at radius 1 is 1.30 bits per heavy atom. The number of rotatable bonds is 8. The van der Waals surface area contributed by atoms with E-state index in [1.807, 2.05) is 30.1 Å². The van der Waals surface area contributed by atoms with Gasteiger partial charge in [0.15, 0.2) is 0 Å². The van der Waals surface area contributed by atoms with Crippen LogP contribution in [0.5, 0.6) is 0 Å². The average Bonchev–Trinajstić information content (AvgIpc) is 2.38. The third-order valence-electron chi connectivity index (χ3n) is 3.24. The van der Waals surface area contributed by atoms with Gasteiger partial charge in [-0.3, -0.25) is 9.69 Å². The van der Waals surface area contributed by atoms with E-state index < -0.39 is 0 Å². The molecule has 3 N–H and O–H groups in total. The van der Waals surface area contributed by atoms with Crippen molar-refractivity contribution in [3.8, 4) is 0 Å². The molecule has 0 saturated heterocycles. The van der Waals surface area contributed by atoms with E-state index in [0.717, 1.165) is 25.1 Å². The smallest absolute Gasteiger partial charge is 0.234 e. The Morgan fingerprint density at radius 2 is 1.95 bits per heavy atom. The summed E-state index contributed by atoms with van der Waals surface area (Å²) in [6.45, 7) is 6.75. The quantitative estimate of drug-likeness (QED) is 0.761. The van der Waals surface area contributed by atoms with E-state index in [4.69, 9.17) is 5.73 Å². The largest absolute Gasteiger partial charge is 0.355 e. The molecular weight excluding hydrogens is 250 g/mol. The molecule has 112 valence electrons. The van der Waals surface area contributed by atoms with Crippen LogP contribution in [0.1, 0.15) is 31.4 Å². The first-order valence-electron chi connectivity index (χ1n) is 7.25. The Balaban J connectivity index is 2.39. The SMILES string of the molecule is CC(C)CCNC(=O)CN(C)Cc1ccccc1CN. The highest BCUT2D eigenvalue weighted by Gasteiger charge is 2.08. The normalized spacial score (nSPS) is 11.1. The fourth-order valence-electron chi connectivity index (χ4n) is 2.06. The molecule has 0 radical (unpaired) electrons. The van der Waals surface area contributed by atoms with Crippen LogP contribution in [-0.2, 0) is 17.9 Å². The van der Waals surface area contributed by atoms with Gasteiger partial charge in [0.05, 0.1) is 6.54 Å². The van der Waals surface area contributed by atoms with E-state index >= 15 is 0 Å². The van der Waals surface area contributed by atoms with E-state index in [2.05, 4.69) is 25.2 Å². The number of carbonyl (C=O) groups is 1. The summed E-state index contributed by atoms with van der Waals surface area (Å²) in [5.74, 6) is 0.697. The Morgan fingerprint density at radius 3 is 2.55 bits per heavy atom. The highest BCUT2D eigenvalue weighted by atomic mass is 16.2. The molecule has 0 aliphatic carbocycles. The zero-order chi connectivity index (χ0) is 15.0. The number of benzene rings is 1. The van der Waals surface area contributed by atoms with Crippen LogP contribution in [0.15, 0.2) is 24.3 Å². The summed E-state index contributed by atoms with van der Waals surface area (Å²) >= 11 is 0. The number of carbonyl (C=O) groups excluding carboxylic acids is 1. The number of likely N-dealkylation sites (N-methyl/N-ethyl adjacent to an activating group) is 1. The Hall–Kier alpha value is -1.39. The summed E-state index contributed by atoms with van der Waals surface area (Å²) in [6.07, 6.45) is 1.02. The van der Waals surface area contributed by atoms with Gasteiger partial charge in [0.1, 0.15) is 0 Å². The van der Waals surface area contributed by atoms with Gasteiger partial charge in [0.25, 0.3) is 0 Å². The van der Waals surface area contributed by atoms with Gasteiger partial charge in [-0.2, -0.15) is 0 Å². The minimum absolute atomic E-state index is 0.0818. The summed E-state index contributed by atoms with van der Waals surface area (Å²) in [5.41, 5.74) is 8.05. The number of amides is 1. The lowest BCUT2D eigenvalue weighted by molar-refractivity contribution is -0.122. The second-order valence-electron chi connectivity index (χ2n) is 5.68. The van der Waals surface area contributed by atoms with Crippen molar-refractivity contribution in [3.05, 3.63) is 35.4 Å². The van der Waals surface area contributed by atoms with Crippen molar-refractivity contribution in [1.29, 1.82) is 0 Å². The molecule has 0 heterocycles. The third kappa shape index (κ3) is 6.17. The van der Waals surface area contributed by atoms with Crippen LogP contribution < -0.4 is 11.1 Å². The molecule has 1 aromatic carbocycles. The van der Waals surface area contributed by atoms with Crippen LogP contribution in [0, 0.1) is 5.92 Å². The maximum absolute atomic E-state index is 11.8. The van der Waals surface area contributed by atoms with Gasteiger partial charge < -0.3 is 11.1 Å². The van der Waals surface area contributed by atoms with E-state index in [9.17, 15) is 4.79 Å².